The number of hydrogen-bond acceptors (Lipinski definition) is 3. The molecule has 0 aromatic heterocycles. The van der Waals surface area contributed by atoms with Crippen molar-refractivity contribution in [3.63, 3.8) is 0 Å². The highest BCUT2D eigenvalue weighted by Gasteiger charge is 2.68. The minimum absolute atomic E-state index is 0.00959. The summed E-state index contributed by atoms with van der Waals surface area (Å²) in [5.41, 5.74) is 1.87. The molecule has 2 aromatic carbocycles. The third-order valence-corrected chi connectivity index (χ3v) is 8.38. The highest BCUT2D eigenvalue weighted by Crippen LogP contribution is 2.70. The predicted molar refractivity (Wildman–Crippen MR) is 123 cm³/mol. The largest absolute Gasteiger partial charge is 0.373 e. The summed E-state index contributed by atoms with van der Waals surface area (Å²) in [4.78, 5) is 25.3. The monoisotopic (exact) mass is 432 g/mol. The van der Waals surface area contributed by atoms with Crippen LogP contribution in [0.2, 0.25) is 0 Å². The van der Waals surface area contributed by atoms with Crippen molar-refractivity contribution in [2.45, 2.75) is 45.3 Å². The molecule has 2 amide bonds. The first-order valence-electron chi connectivity index (χ1n) is 11.7. The van der Waals surface area contributed by atoms with E-state index in [0.29, 0.717) is 17.4 Å². The Labute approximate surface area is 189 Å². The summed E-state index contributed by atoms with van der Waals surface area (Å²) in [6.07, 6.45) is 3.34. The first-order valence-corrected chi connectivity index (χ1v) is 11.7. The van der Waals surface area contributed by atoms with E-state index in [9.17, 15) is 9.59 Å². The number of hydrogen-bond donors (Lipinski definition) is 2. The van der Waals surface area contributed by atoms with Gasteiger partial charge < -0.3 is 15.4 Å². The van der Waals surface area contributed by atoms with E-state index in [0.717, 1.165) is 25.9 Å². The van der Waals surface area contributed by atoms with Crippen LogP contribution < -0.4 is 10.6 Å². The van der Waals surface area contributed by atoms with Gasteiger partial charge in [-0.25, -0.2) is 0 Å². The van der Waals surface area contributed by atoms with E-state index in [4.69, 9.17) is 4.74 Å². The molecule has 3 fully saturated rings. The fourth-order valence-electron chi connectivity index (χ4n) is 6.82. The van der Waals surface area contributed by atoms with E-state index in [1.54, 1.807) is 12.1 Å². The van der Waals surface area contributed by atoms with Gasteiger partial charge in [0.05, 0.1) is 12.6 Å². The number of carbonyl (C=O) groups excluding carboxylic acids is 2. The van der Waals surface area contributed by atoms with Crippen LogP contribution >= 0.6 is 0 Å². The van der Waals surface area contributed by atoms with Crippen LogP contribution in [-0.2, 0) is 9.53 Å². The van der Waals surface area contributed by atoms with Crippen molar-refractivity contribution in [2.24, 2.45) is 22.7 Å². The van der Waals surface area contributed by atoms with Crippen LogP contribution in [0, 0.1) is 22.7 Å². The molecule has 5 atom stereocenters. The first kappa shape index (κ1) is 21.2. The molecule has 2 N–H and O–H groups in total. The van der Waals surface area contributed by atoms with Gasteiger partial charge in [-0.3, -0.25) is 9.59 Å². The number of benzene rings is 2. The predicted octanol–water partition coefficient (Wildman–Crippen LogP) is 4.12. The van der Waals surface area contributed by atoms with Crippen LogP contribution in [0.15, 0.2) is 60.7 Å². The summed E-state index contributed by atoms with van der Waals surface area (Å²) in [6.45, 7) is 5.30. The Morgan fingerprint density at radius 3 is 2.44 bits per heavy atom. The second-order valence-electron chi connectivity index (χ2n) is 10.3. The maximum absolute atomic E-state index is 13.0. The van der Waals surface area contributed by atoms with Gasteiger partial charge in [0.1, 0.15) is 0 Å². The molecular weight excluding hydrogens is 400 g/mol. The number of amides is 2. The van der Waals surface area contributed by atoms with Gasteiger partial charge in [0, 0.05) is 18.2 Å². The Kier molecular flexibility index (Phi) is 5.32. The Balaban J connectivity index is 1.32. The summed E-state index contributed by atoms with van der Waals surface area (Å²) in [5.74, 6) is 0.625. The summed E-state index contributed by atoms with van der Waals surface area (Å²) in [5, 5.41) is 6.13. The van der Waals surface area contributed by atoms with Crippen LogP contribution in [0.3, 0.4) is 0 Å². The molecule has 0 radical (unpaired) electrons. The number of nitrogens with one attached hydrogen (secondary N) is 2. The van der Waals surface area contributed by atoms with Crippen molar-refractivity contribution >= 4 is 11.8 Å². The lowest BCUT2D eigenvalue weighted by molar-refractivity contribution is -0.136. The van der Waals surface area contributed by atoms with Crippen molar-refractivity contribution in [3.8, 4) is 0 Å². The normalized spacial score (nSPS) is 32.2. The third kappa shape index (κ3) is 3.43. The maximum atomic E-state index is 13.0. The summed E-state index contributed by atoms with van der Waals surface area (Å²) in [6, 6.07) is 19.6. The molecule has 5 nitrogen and oxygen atoms in total. The molecule has 1 saturated heterocycles. The minimum Gasteiger partial charge on any atom is -0.373 e. The molecule has 2 aromatic rings. The van der Waals surface area contributed by atoms with Crippen LogP contribution in [0.1, 0.15) is 55.1 Å². The van der Waals surface area contributed by atoms with Gasteiger partial charge in [0.15, 0.2) is 0 Å². The van der Waals surface area contributed by atoms with Gasteiger partial charge >= 0.3 is 0 Å². The quantitative estimate of drug-likeness (QED) is 0.747. The van der Waals surface area contributed by atoms with Gasteiger partial charge in [-0.05, 0) is 59.6 Å². The lowest BCUT2D eigenvalue weighted by Gasteiger charge is -2.53. The van der Waals surface area contributed by atoms with Crippen LogP contribution in [0.5, 0.6) is 0 Å². The summed E-state index contributed by atoms with van der Waals surface area (Å²) in [7, 11) is 0. The molecular formula is C27H32N2O3. The zero-order chi connectivity index (χ0) is 22.3. The second kappa shape index (κ2) is 8.04. The topological polar surface area (TPSA) is 67.4 Å². The van der Waals surface area contributed by atoms with E-state index in [1.807, 2.05) is 24.3 Å². The van der Waals surface area contributed by atoms with Crippen molar-refractivity contribution in [1.29, 1.82) is 0 Å². The van der Waals surface area contributed by atoms with Crippen molar-refractivity contribution < 1.29 is 14.3 Å². The molecule has 32 heavy (non-hydrogen) atoms. The molecule has 1 spiro atoms. The van der Waals surface area contributed by atoms with Gasteiger partial charge in [-0.15, -0.1) is 0 Å². The molecule has 0 unspecified atom stereocenters. The fourth-order valence-corrected chi connectivity index (χ4v) is 6.82. The van der Waals surface area contributed by atoms with Gasteiger partial charge in [0.25, 0.3) is 5.91 Å². The van der Waals surface area contributed by atoms with Crippen LogP contribution in [0.4, 0.5) is 0 Å². The fraction of sp³-hybridized carbons (Fsp3) is 0.481. The summed E-state index contributed by atoms with van der Waals surface area (Å²) < 4.78 is 6.31. The molecule has 5 rings (SSSR count). The van der Waals surface area contributed by atoms with Crippen molar-refractivity contribution in [3.05, 3.63) is 71.8 Å². The molecule has 2 aliphatic carbocycles. The number of rotatable bonds is 5. The number of carbonyl (C=O) groups is 2. The van der Waals surface area contributed by atoms with Crippen LogP contribution in [0.25, 0.3) is 0 Å². The Morgan fingerprint density at radius 2 is 1.72 bits per heavy atom. The Bertz CT molecular complexity index is 990. The SMILES string of the molecule is CC1(C)[C@@H]2C[C@@H]3[C@@H](c4ccccc4)OCC[C@]3(C2)[C@H]1NC(=O)CNC(=O)c1ccccc1. The highest BCUT2D eigenvalue weighted by atomic mass is 16.5. The van der Waals surface area contributed by atoms with E-state index >= 15 is 0 Å². The van der Waals surface area contributed by atoms with Crippen molar-refractivity contribution in [1.82, 2.24) is 10.6 Å². The van der Waals surface area contributed by atoms with E-state index in [-0.39, 0.29) is 41.3 Å². The first-order chi connectivity index (χ1) is 15.4. The lowest BCUT2D eigenvalue weighted by atomic mass is 9.59. The average molecular weight is 433 g/mol. The second-order valence-corrected chi connectivity index (χ2v) is 10.3. The smallest absolute Gasteiger partial charge is 0.251 e. The summed E-state index contributed by atoms with van der Waals surface area (Å²) >= 11 is 0. The molecule has 168 valence electrons. The van der Waals surface area contributed by atoms with E-state index in [2.05, 4.69) is 48.7 Å². The Hall–Kier alpha value is -2.66. The van der Waals surface area contributed by atoms with Crippen molar-refractivity contribution in [2.75, 3.05) is 13.2 Å². The third-order valence-electron chi connectivity index (χ3n) is 8.38. The Morgan fingerprint density at radius 1 is 1.03 bits per heavy atom. The lowest BCUT2D eigenvalue weighted by Crippen LogP contribution is -2.59. The van der Waals surface area contributed by atoms with E-state index < -0.39 is 0 Å². The number of ether oxygens (including phenoxy) is 1. The highest BCUT2D eigenvalue weighted by molar-refractivity contribution is 5.96. The molecule has 3 aliphatic rings. The molecule has 5 heteroatoms. The zero-order valence-electron chi connectivity index (χ0n) is 18.8. The minimum atomic E-state index is -0.223. The van der Waals surface area contributed by atoms with Crippen LogP contribution in [-0.4, -0.2) is 31.0 Å². The molecule has 1 heterocycles. The number of fused-ring (bicyclic) bond motifs is 1. The average Bonchev–Trinajstić information content (AvgIpc) is 3.31. The van der Waals surface area contributed by atoms with E-state index in [1.165, 1.54) is 5.56 Å². The van der Waals surface area contributed by atoms with Gasteiger partial charge in [-0.1, -0.05) is 62.4 Å². The van der Waals surface area contributed by atoms with Gasteiger partial charge in [0.2, 0.25) is 5.91 Å². The zero-order valence-corrected chi connectivity index (χ0v) is 18.8. The maximum Gasteiger partial charge on any atom is 0.251 e. The molecule has 1 aliphatic heterocycles. The molecule has 2 saturated carbocycles. The van der Waals surface area contributed by atoms with Gasteiger partial charge in [-0.2, -0.15) is 0 Å². The standard InChI is InChI=1S/C27H32N2O3/c1-26(2)20-15-21-23(18-9-5-3-6-10-18)32-14-13-27(21,16-20)25(26)29-22(30)17-28-24(31)19-11-7-4-8-12-19/h3-12,20-21,23,25H,13-17H2,1-2H3,(H,28,31)(H,29,30)/t20-,21-,23-,25+,27-/m1/s1. The molecule has 2 bridgehead atoms.